The third kappa shape index (κ3) is 3.48. The number of anilines is 2. The van der Waals surface area contributed by atoms with Crippen molar-refractivity contribution in [2.75, 3.05) is 55.6 Å². The zero-order valence-electron chi connectivity index (χ0n) is 20.5. The van der Waals surface area contributed by atoms with E-state index in [0.717, 1.165) is 57.0 Å². The second-order valence-corrected chi connectivity index (χ2v) is 10.8. The van der Waals surface area contributed by atoms with E-state index in [2.05, 4.69) is 51.0 Å². The summed E-state index contributed by atoms with van der Waals surface area (Å²) in [5, 5.41) is 13.8. The molecule has 6 heterocycles. The zero-order valence-corrected chi connectivity index (χ0v) is 20.5. The van der Waals surface area contributed by atoms with Crippen molar-refractivity contribution in [3.05, 3.63) is 59.4 Å². The van der Waals surface area contributed by atoms with E-state index in [1.807, 2.05) is 18.2 Å². The van der Waals surface area contributed by atoms with Crippen molar-refractivity contribution in [2.45, 2.75) is 37.4 Å². The van der Waals surface area contributed by atoms with Crippen molar-refractivity contribution in [3.8, 4) is 6.07 Å². The van der Waals surface area contributed by atoms with Crippen molar-refractivity contribution in [1.29, 1.82) is 5.26 Å². The molecular weight excluding hydrogens is 454 g/mol. The number of nitriles is 1. The summed E-state index contributed by atoms with van der Waals surface area (Å²) in [4.78, 5) is 7.16. The van der Waals surface area contributed by atoms with Gasteiger partial charge in [-0.05, 0) is 48.4 Å². The lowest BCUT2D eigenvalue weighted by Gasteiger charge is -2.50. The van der Waals surface area contributed by atoms with Gasteiger partial charge in [-0.3, -0.25) is 4.90 Å². The number of likely N-dealkylation sites (tertiary alicyclic amines) is 1. The van der Waals surface area contributed by atoms with Gasteiger partial charge in [0.2, 0.25) is 0 Å². The van der Waals surface area contributed by atoms with Gasteiger partial charge in [-0.1, -0.05) is 6.07 Å². The second kappa shape index (κ2) is 8.18. The van der Waals surface area contributed by atoms with E-state index >= 15 is 0 Å². The van der Waals surface area contributed by atoms with E-state index in [-0.39, 0.29) is 17.8 Å². The molecule has 2 N–H and O–H groups in total. The lowest BCUT2D eigenvalue weighted by molar-refractivity contribution is -0.155. The van der Waals surface area contributed by atoms with E-state index in [9.17, 15) is 5.26 Å². The van der Waals surface area contributed by atoms with Crippen LogP contribution in [0, 0.1) is 11.3 Å². The molecule has 0 bridgehead atoms. The first-order chi connectivity index (χ1) is 17.5. The van der Waals surface area contributed by atoms with E-state index in [4.69, 9.17) is 15.2 Å². The molecule has 0 saturated carbocycles. The summed E-state index contributed by atoms with van der Waals surface area (Å²) in [5.74, 6) is 0. The molecule has 7 rings (SSSR count). The smallest absolute Gasteiger partial charge is 0.142 e. The minimum atomic E-state index is -0.184. The average molecular weight is 486 g/mol. The summed E-state index contributed by atoms with van der Waals surface area (Å²) in [5.41, 5.74) is 12.3. The maximum Gasteiger partial charge on any atom is 0.142 e. The highest BCUT2D eigenvalue weighted by Gasteiger charge is 2.50. The van der Waals surface area contributed by atoms with Crippen LogP contribution in [0.25, 0.3) is 5.52 Å². The number of hydrogen-bond acceptors (Lipinski definition) is 8. The van der Waals surface area contributed by atoms with Crippen LogP contribution in [0.3, 0.4) is 0 Å². The molecule has 186 valence electrons. The molecule has 1 spiro atoms. The van der Waals surface area contributed by atoms with Gasteiger partial charge in [0.1, 0.15) is 17.4 Å². The molecule has 2 atom stereocenters. The lowest BCUT2D eigenvalue weighted by Crippen LogP contribution is -2.62. The molecule has 0 unspecified atom stereocenters. The minimum Gasteiger partial charge on any atom is -0.370 e. The summed E-state index contributed by atoms with van der Waals surface area (Å²) >= 11 is 0. The Labute approximate surface area is 210 Å². The zero-order chi connectivity index (χ0) is 24.4. The summed E-state index contributed by atoms with van der Waals surface area (Å²) in [6, 6.07) is 15.2. The minimum absolute atomic E-state index is 0.101. The molecule has 3 aromatic rings. The van der Waals surface area contributed by atoms with E-state index in [1.54, 1.807) is 10.7 Å². The van der Waals surface area contributed by atoms with Gasteiger partial charge < -0.3 is 25.0 Å². The Hall–Kier alpha value is -3.16. The Morgan fingerprint density at radius 3 is 2.78 bits per heavy atom. The maximum atomic E-state index is 9.42. The number of hydrogen-bond donors (Lipinski definition) is 1. The van der Waals surface area contributed by atoms with Crippen LogP contribution < -0.4 is 15.5 Å². The number of fused-ring (bicyclic) bond motifs is 3. The van der Waals surface area contributed by atoms with Gasteiger partial charge in [0.15, 0.2) is 0 Å². The normalized spacial score (nSPS) is 25.6. The molecule has 2 aromatic heterocycles. The molecule has 1 aromatic carbocycles. The molecule has 4 aliphatic rings. The van der Waals surface area contributed by atoms with E-state index in [0.29, 0.717) is 18.3 Å². The van der Waals surface area contributed by atoms with E-state index < -0.39 is 0 Å². The van der Waals surface area contributed by atoms with Crippen LogP contribution in [0.2, 0.25) is 0 Å². The maximum absolute atomic E-state index is 9.42. The fraction of sp³-hybridized carbons (Fsp3) is 0.481. The Bertz CT molecular complexity index is 1350. The van der Waals surface area contributed by atoms with E-state index in [1.165, 1.54) is 16.8 Å². The van der Waals surface area contributed by atoms with Crippen LogP contribution in [-0.4, -0.2) is 78.6 Å². The highest BCUT2D eigenvalue weighted by Crippen LogP contribution is 2.45. The molecule has 4 aliphatic heterocycles. The van der Waals surface area contributed by atoms with Gasteiger partial charge in [-0.15, -0.1) is 0 Å². The molecule has 0 amide bonds. The SMILES string of the molecule is C[C@@H]1CN(c2ccc(C#N)n3nccc23)C[C@H](CN2CC3(C2)OCc2cc(N4CC(N)C4)ccc23)O1. The van der Waals surface area contributed by atoms with Gasteiger partial charge in [-0.2, -0.15) is 10.4 Å². The number of benzene rings is 1. The Morgan fingerprint density at radius 1 is 1.11 bits per heavy atom. The molecule has 36 heavy (non-hydrogen) atoms. The summed E-state index contributed by atoms with van der Waals surface area (Å²) in [6.07, 6.45) is 1.97. The van der Waals surface area contributed by atoms with Crippen LogP contribution in [0.4, 0.5) is 11.4 Å². The van der Waals surface area contributed by atoms with Crippen molar-refractivity contribution in [3.63, 3.8) is 0 Å². The molecular formula is C27H31N7O2. The number of ether oxygens (including phenoxy) is 2. The predicted octanol–water partition coefficient (Wildman–Crippen LogP) is 1.69. The number of nitrogens with zero attached hydrogens (tertiary/aromatic N) is 6. The summed E-state index contributed by atoms with van der Waals surface area (Å²) < 4.78 is 14.5. The van der Waals surface area contributed by atoms with Crippen LogP contribution in [0.5, 0.6) is 0 Å². The largest absolute Gasteiger partial charge is 0.370 e. The van der Waals surface area contributed by atoms with Crippen LogP contribution in [0.15, 0.2) is 42.6 Å². The fourth-order valence-electron chi connectivity index (χ4n) is 6.41. The Balaban J connectivity index is 1.03. The standard InChI is InChI=1S/C27H31N7O2/c1-18-10-33(25-5-3-22(9-28)34-26(25)6-7-30-34)14-23(36-18)13-31-16-27(17-31)24-4-2-21(8-19(24)15-35-27)32-11-20(29)12-32/h2-8,18,20,23H,10-17,29H2,1H3/t18-,23+/m1/s1. The summed E-state index contributed by atoms with van der Waals surface area (Å²) in [7, 11) is 0. The Morgan fingerprint density at radius 2 is 1.97 bits per heavy atom. The van der Waals surface area contributed by atoms with Crippen LogP contribution in [-0.2, 0) is 21.7 Å². The lowest BCUT2D eigenvalue weighted by atomic mass is 9.84. The van der Waals surface area contributed by atoms with Crippen LogP contribution >= 0.6 is 0 Å². The second-order valence-electron chi connectivity index (χ2n) is 10.8. The molecule has 3 saturated heterocycles. The van der Waals surface area contributed by atoms with Gasteiger partial charge in [0.05, 0.1) is 36.2 Å². The van der Waals surface area contributed by atoms with Gasteiger partial charge in [0.25, 0.3) is 0 Å². The number of pyridine rings is 1. The number of morpholine rings is 1. The molecule has 9 nitrogen and oxygen atoms in total. The number of aromatic nitrogens is 2. The third-order valence-corrected chi connectivity index (χ3v) is 8.09. The Kier molecular flexibility index (Phi) is 5.02. The summed E-state index contributed by atoms with van der Waals surface area (Å²) in [6.45, 7) is 8.96. The average Bonchev–Trinajstić information content (AvgIpc) is 3.46. The highest BCUT2D eigenvalue weighted by molar-refractivity contribution is 5.74. The van der Waals surface area contributed by atoms with Crippen molar-refractivity contribution in [1.82, 2.24) is 14.5 Å². The first-order valence-corrected chi connectivity index (χ1v) is 12.8. The quantitative estimate of drug-likeness (QED) is 0.597. The van der Waals surface area contributed by atoms with Crippen molar-refractivity contribution < 1.29 is 9.47 Å². The van der Waals surface area contributed by atoms with Crippen molar-refractivity contribution in [2.24, 2.45) is 5.73 Å². The molecule has 0 radical (unpaired) electrons. The van der Waals surface area contributed by atoms with Crippen molar-refractivity contribution >= 4 is 16.9 Å². The number of nitrogens with two attached hydrogens (primary N) is 1. The van der Waals surface area contributed by atoms with Gasteiger partial charge in [0, 0.05) is 57.5 Å². The molecule has 0 aliphatic carbocycles. The number of rotatable bonds is 4. The monoisotopic (exact) mass is 485 g/mol. The van der Waals surface area contributed by atoms with Gasteiger partial charge >= 0.3 is 0 Å². The molecule has 9 heteroatoms. The van der Waals surface area contributed by atoms with Gasteiger partial charge in [-0.25, -0.2) is 4.52 Å². The highest BCUT2D eigenvalue weighted by atomic mass is 16.5. The third-order valence-electron chi connectivity index (χ3n) is 8.09. The van der Waals surface area contributed by atoms with Crippen LogP contribution in [0.1, 0.15) is 23.7 Å². The first kappa shape index (κ1) is 22.1. The first-order valence-electron chi connectivity index (χ1n) is 12.8. The predicted molar refractivity (Wildman–Crippen MR) is 136 cm³/mol. The molecule has 3 fully saturated rings. The fourth-order valence-corrected chi connectivity index (χ4v) is 6.41. The topological polar surface area (TPSA) is 95.3 Å².